The third-order valence-corrected chi connectivity index (χ3v) is 4.09. The molecule has 7 nitrogen and oxygen atoms in total. The van der Waals surface area contributed by atoms with Crippen LogP contribution >= 0.6 is 0 Å². The van der Waals surface area contributed by atoms with Gasteiger partial charge in [-0.3, -0.25) is 5.32 Å². The molecule has 2 heterocycles. The van der Waals surface area contributed by atoms with Crippen LogP contribution in [0.3, 0.4) is 0 Å². The summed E-state index contributed by atoms with van der Waals surface area (Å²) in [4.78, 5) is 16.4. The summed E-state index contributed by atoms with van der Waals surface area (Å²) in [7, 11) is 0. The third kappa shape index (κ3) is 2.73. The summed E-state index contributed by atoms with van der Waals surface area (Å²) in [5.41, 5.74) is 1.47. The SMILES string of the molecule is Cc1c(C(C)OC(=O)Nc2ccccc2)oc2nc(C3CC3)nn12. The lowest BCUT2D eigenvalue weighted by molar-refractivity contribution is 0.108. The van der Waals surface area contributed by atoms with Crippen LogP contribution in [0.25, 0.3) is 5.84 Å². The van der Waals surface area contributed by atoms with Gasteiger partial charge in [0.05, 0.1) is 5.69 Å². The fourth-order valence-corrected chi connectivity index (χ4v) is 2.65. The molecule has 1 saturated carbocycles. The van der Waals surface area contributed by atoms with Gasteiger partial charge >= 0.3 is 11.9 Å². The number of rotatable bonds is 4. The maximum Gasteiger partial charge on any atom is 0.412 e. The van der Waals surface area contributed by atoms with Crippen molar-refractivity contribution < 1.29 is 13.9 Å². The number of hydrogen-bond donors (Lipinski definition) is 1. The molecule has 0 radical (unpaired) electrons. The molecule has 1 atom stereocenters. The molecule has 1 unspecified atom stereocenters. The Morgan fingerprint density at radius 2 is 2.12 bits per heavy atom. The van der Waals surface area contributed by atoms with E-state index >= 15 is 0 Å². The number of anilines is 1. The van der Waals surface area contributed by atoms with Crippen molar-refractivity contribution in [1.29, 1.82) is 0 Å². The minimum absolute atomic E-state index is 0.448. The highest BCUT2D eigenvalue weighted by Gasteiger charge is 2.30. The quantitative estimate of drug-likeness (QED) is 0.788. The first-order valence-electron chi connectivity index (χ1n) is 8.00. The fraction of sp³-hybridized carbons (Fsp3) is 0.353. The summed E-state index contributed by atoms with van der Waals surface area (Å²) in [5.74, 6) is 2.30. The van der Waals surface area contributed by atoms with Crippen molar-refractivity contribution in [2.24, 2.45) is 0 Å². The Hall–Kier alpha value is -2.83. The van der Waals surface area contributed by atoms with Crippen LogP contribution in [0.2, 0.25) is 0 Å². The lowest BCUT2D eigenvalue weighted by atomic mass is 10.2. The highest BCUT2D eigenvalue weighted by atomic mass is 16.6. The van der Waals surface area contributed by atoms with E-state index in [1.165, 1.54) is 0 Å². The molecular formula is C17H18N4O3. The minimum atomic E-state index is -0.540. The molecule has 1 aliphatic rings. The third-order valence-electron chi connectivity index (χ3n) is 4.09. The highest BCUT2D eigenvalue weighted by Crippen LogP contribution is 2.38. The molecule has 124 valence electrons. The van der Waals surface area contributed by atoms with Gasteiger partial charge in [-0.1, -0.05) is 18.2 Å². The molecule has 0 spiro atoms. The van der Waals surface area contributed by atoms with Gasteiger partial charge in [-0.2, -0.15) is 9.50 Å². The van der Waals surface area contributed by atoms with E-state index in [1.54, 1.807) is 23.6 Å². The number of benzene rings is 1. The Balaban J connectivity index is 1.48. The lowest BCUT2D eigenvalue weighted by Crippen LogP contribution is -2.16. The molecule has 4 rings (SSSR count). The topological polar surface area (TPSA) is 81.7 Å². The largest absolute Gasteiger partial charge is 0.438 e. The first kappa shape index (κ1) is 14.7. The van der Waals surface area contributed by atoms with Crippen molar-refractivity contribution in [2.45, 2.75) is 38.7 Å². The summed E-state index contributed by atoms with van der Waals surface area (Å²) < 4.78 is 12.8. The summed E-state index contributed by atoms with van der Waals surface area (Å²) in [5, 5.41) is 7.16. The second kappa shape index (κ2) is 5.67. The molecule has 1 amide bonds. The Morgan fingerprint density at radius 3 is 2.79 bits per heavy atom. The van der Waals surface area contributed by atoms with Gasteiger partial charge in [0.15, 0.2) is 17.7 Å². The van der Waals surface area contributed by atoms with Gasteiger partial charge in [-0.05, 0) is 38.8 Å². The maximum atomic E-state index is 12.0. The smallest absolute Gasteiger partial charge is 0.412 e. The number of nitrogens with one attached hydrogen (secondary N) is 1. The Morgan fingerprint density at radius 1 is 1.38 bits per heavy atom. The van der Waals surface area contributed by atoms with E-state index in [4.69, 9.17) is 9.15 Å². The zero-order valence-corrected chi connectivity index (χ0v) is 13.5. The zero-order chi connectivity index (χ0) is 16.7. The molecule has 7 heteroatoms. The van der Waals surface area contributed by atoms with E-state index in [0.29, 0.717) is 23.2 Å². The van der Waals surface area contributed by atoms with Crippen molar-refractivity contribution in [3.05, 3.63) is 47.6 Å². The van der Waals surface area contributed by atoms with Gasteiger partial charge in [0.2, 0.25) is 0 Å². The lowest BCUT2D eigenvalue weighted by Gasteiger charge is -2.12. The number of aryl methyl sites for hydroxylation is 1. The predicted octanol–water partition coefficient (Wildman–Crippen LogP) is 3.82. The second-order valence-corrected chi connectivity index (χ2v) is 6.03. The Bertz CT molecular complexity index is 880. The molecule has 1 aromatic carbocycles. The average molecular weight is 326 g/mol. The number of carbonyl (C=O) groups excluding carboxylic acids is 1. The molecule has 1 aliphatic carbocycles. The van der Waals surface area contributed by atoms with Crippen molar-refractivity contribution in [2.75, 3.05) is 5.32 Å². The van der Waals surface area contributed by atoms with Crippen LogP contribution in [-0.2, 0) is 4.74 Å². The minimum Gasteiger partial charge on any atom is -0.438 e. The van der Waals surface area contributed by atoms with E-state index in [2.05, 4.69) is 15.4 Å². The van der Waals surface area contributed by atoms with Gasteiger partial charge in [0.25, 0.3) is 0 Å². The number of oxazole rings is 1. The number of para-hydroxylation sites is 1. The zero-order valence-electron chi connectivity index (χ0n) is 13.5. The summed E-state index contributed by atoms with van der Waals surface area (Å²) in [6.07, 6.45) is 1.20. The molecule has 24 heavy (non-hydrogen) atoms. The van der Waals surface area contributed by atoms with Gasteiger partial charge in [0.1, 0.15) is 0 Å². The first-order chi connectivity index (χ1) is 11.6. The Labute approximate surface area is 138 Å². The van der Waals surface area contributed by atoms with Crippen LogP contribution in [0.1, 0.15) is 49.1 Å². The highest BCUT2D eigenvalue weighted by molar-refractivity contribution is 5.84. The second-order valence-electron chi connectivity index (χ2n) is 6.03. The van der Waals surface area contributed by atoms with E-state index in [1.807, 2.05) is 25.1 Å². The van der Waals surface area contributed by atoms with Gasteiger partial charge in [-0.15, -0.1) is 5.10 Å². The Kier molecular flexibility index (Phi) is 3.48. The number of hydrogen-bond acceptors (Lipinski definition) is 5. The van der Waals surface area contributed by atoms with Crippen molar-refractivity contribution >= 4 is 17.6 Å². The number of amides is 1. The van der Waals surface area contributed by atoms with E-state index in [0.717, 1.165) is 24.4 Å². The normalized spacial score (nSPS) is 15.4. The standard InChI is InChI=1S/C17H18N4O3/c1-10-14(24-16-19-15(12-8-9-12)20-21(10)16)11(2)23-17(22)18-13-6-4-3-5-7-13/h3-7,11-12H,8-9H2,1-2H3,(H,18,22). The summed E-state index contributed by atoms with van der Waals surface area (Å²) in [6.45, 7) is 3.64. The predicted molar refractivity (Wildman–Crippen MR) is 86.9 cm³/mol. The summed E-state index contributed by atoms with van der Waals surface area (Å²) in [6, 6.07) is 9.15. The van der Waals surface area contributed by atoms with Crippen LogP contribution in [0, 0.1) is 6.92 Å². The van der Waals surface area contributed by atoms with Crippen LogP contribution in [0.4, 0.5) is 10.5 Å². The van der Waals surface area contributed by atoms with Crippen LogP contribution in [0.15, 0.2) is 34.7 Å². The number of carbonyl (C=O) groups is 1. The fourth-order valence-electron chi connectivity index (χ4n) is 2.65. The van der Waals surface area contributed by atoms with E-state index < -0.39 is 12.2 Å². The van der Waals surface area contributed by atoms with Crippen LogP contribution < -0.4 is 5.32 Å². The average Bonchev–Trinajstić information content (AvgIpc) is 3.25. The number of nitrogens with zero attached hydrogens (tertiary/aromatic N) is 3. The van der Waals surface area contributed by atoms with Crippen molar-refractivity contribution in [3.8, 4) is 0 Å². The molecule has 3 aromatic rings. The number of aromatic nitrogens is 3. The van der Waals surface area contributed by atoms with Gasteiger partial charge in [-0.25, -0.2) is 4.79 Å². The van der Waals surface area contributed by atoms with Gasteiger partial charge < -0.3 is 9.15 Å². The molecule has 2 aromatic heterocycles. The number of ether oxygens (including phenoxy) is 1. The monoisotopic (exact) mass is 326 g/mol. The molecule has 1 N–H and O–H groups in total. The molecule has 0 saturated heterocycles. The first-order valence-corrected chi connectivity index (χ1v) is 8.00. The molecule has 0 bridgehead atoms. The van der Waals surface area contributed by atoms with E-state index in [9.17, 15) is 4.79 Å². The molecule has 1 fully saturated rings. The molecular weight excluding hydrogens is 308 g/mol. The maximum absolute atomic E-state index is 12.0. The summed E-state index contributed by atoms with van der Waals surface area (Å²) >= 11 is 0. The van der Waals surface area contributed by atoms with Crippen molar-refractivity contribution in [3.63, 3.8) is 0 Å². The molecule has 0 aliphatic heterocycles. The van der Waals surface area contributed by atoms with Gasteiger partial charge in [0, 0.05) is 11.6 Å². The van der Waals surface area contributed by atoms with Crippen LogP contribution in [0.5, 0.6) is 0 Å². The van der Waals surface area contributed by atoms with Crippen LogP contribution in [-0.4, -0.2) is 20.7 Å². The van der Waals surface area contributed by atoms with E-state index in [-0.39, 0.29) is 0 Å². The van der Waals surface area contributed by atoms with Crippen molar-refractivity contribution in [1.82, 2.24) is 14.6 Å². The number of fused-ring (bicyclic) bond motifs is 1.